The van der Waals surface area contributed by atoms with Crippen molar-refractivity contribution in [1.82, 2.24) is 10.4 Å². The molecule has 0 radical (unpaired) electrons. The fourth-order valence-electron chi connectivity index (χ4n) is 2.62. The van der Waals surface area contributed by atoms with Crippen LogP contribution < -0.4 is 10.2 Å². The van der Waals surface area contributed by atoms with Crippen LogP contribution in [0, 0.1) is 0 Å². The summed E-state index contributed by atoms with van der Waals surface area (Å²) < 4.78 is 10.3. The van der Waals surface area contributed by atoms with Crippen molar-refractivity contribution in [2.24, 2.45) is 0 Å². The van der Waals surface area contributed by atoms with Crippen molar-refractivity contribution in [3.05, 3.63) is 67.5 Å². The molecule has 1 saturated heterocycles. The summed E-state index contributed by atoms with van der Waals surface area (Å²) in [6, 6.07) is 9.23. The molecule has 3 rings (SSSR count). The van der Waals surface area contributed by atoms with E-state index in [9.17, 15) is 14.4 Å². The molecule has 2 aromatic rings. The predicted octanol–water partition coefficient (Wildman–Crippen LogP) is 5.13. The lowest BCUT2D eigenvalue weighted by Gasteiger charge is -2.15. The van der Waals surface area contributed by atoms with E-state index < -0.39 is 17.8 Å². The van der Waals surface area contributed by atoms with Gasteiger partial charge in [0, 0.05) is 10.6 Å². The van der Waals surface area contributed by atoms with Gasteiger partial charge in [0.15, 0.2) is 16.7 Å². The van der Waals surface area contributed by atoms with Crippen molar-refractivity contribution in [2.45, 2.75) is 6.92 Å². The number of nitrogens with zero attached hydrogens (tertiary/aromatic N) is 1. The maximum Gasteiger partial charge on any atom is 0.344 e. The number of carbonyl (C=O) groups is 3. The number of nitrogens with one attached hydrogen (secondary N) is 1. The molecule has 1 heterocycles. The standard InChI is InChI=1S/C21H15Cl3N2O5S2/c1-2-30-17(27)10-31-18-14(23)7-11(8-15(18)24)9-16-20(29)26(21(32)33-16)25-19(28)12-3-5-13(22)6-4-12/h3-9H,2,10H2,1H3,(H,25,28)/b16-9-. The third-order valence-electron chi connectivity index (χ3n) is 4.07. The molecule has 0 atom stereocenters. The second-order valence-corrected chi connectivity index (χ2v) is 9.30. The number of thioether (sulfide) groups is 1. The minimum Gasteiger partial charge on any atom is -0.479 e. The number of thiocarbonyl (C=S) groups is 1. The topological polar surface area (TPSA) is 84.9 Å². The summed E-state index contributed by atoms with van der Waals surface area (Å²) in [4.78, 5) is 36.9. The molecule has 1 aliphatic heterocycles. The molecule has 0 aliphatic carbocycles. The average molecular weight is 546 g/mol. The van der Waals surface area contributed by atoms with Crippen LogP contribution in [0.15, 0.2) is 41.3 Å². The molecule has 0 bridgehead atoms. The summed E-state index contributed by atoms with van der Waals surface area (Å²) in [5.41, 5.74) is 3.29. The van der Waals surface area contributed by atoms with Crippen LogP contribution in [0.5, 0.6) is 5.75 Å². The van der Waals surface area contributed by atoms with Crippen LogP contribution in [0.3, 0.4) is 0 Å². The van der Waals surface area contributed by atoms with Crippen molar-refractivity contribution >= 4 is 87.0 Å². The van der Waals surface area contributed by atoms with E-state index in [1.54, 1.807) is 19.1 Å². The number of halogens is 3. The van der Waals surface area contributed by atoms with Gasteiger partial charge < -0.3 is 9.47 Å². The van der Waals surface area contributed by atoms with Crippen LogP contribution in [0.2, 0.25) is 15.1 Å². The summed E-state index contributed by atoms with van der Waals surface area (Å²) in [6.07, 6.45) is 1.53. The highest BCUT2D eigenvalue weighted by Gasteiger charge is 2.34. The van der Waals surface area contributed by atoms with Gasteiger partial charge in [-0.2, -0.15) is 5.01 Å². The molecular formula is C21H15Cl3N2O5S2. The average Bonchev–Trinajstić information content (AvgIpc) is 3.01. The minimum absolute atomic E-state index is 0.117. The first-order valence-electron chi connectivity index (χ1n) is 9.31. The highest BCUT2D eigenvalue weighted by Crippen LogP contribution is 2.37. The van der Waals surface area contributed by atoms with Crippen LogP contribution in [0.25, 0.3) is 6.08 Å². The van der Waals surface area contributed by atoms with E-state index in [-0.39, 0.29) is 38.2 Å². The normalized spacial score (nSPS) is 14.5. The number of hydrogen-bond donors (Lipinski definition) is 1. The fourth-order valence-corrected chi connectivity index (χ4v) is 4.54. The molecule has 33 heavy (non-hydrogen) atoms. The minimum atomic E-state index is -0.557. The predicted molar refractivity (Wildman–Crippen MR) is 133 cm³/mol. The van der Waals surface area contributed by atoms with E-state index in [2.05, 4.69) is 5.43 Å². The zero-order valence-corrected chi connectivity index (χ0v) is 20.8. The van der Waals surface area contributed by atoms with Crippen molar-refractivity contribution < 1.29 is 23.9 Å². The molecule has 7 nitrogen and oxygen atoms in total. The Labute approximate surface area is 213 Å². The van der Waals surface area contributed by atoms with Crippen LogP contribution in [0.1, 0.15) is 22.8 Å². The summed E-state index contributed by atoms with van der Waals surface area (Å²) in [5, 5.41) is 1.76. The molecule has 2 amide bonds. The quantitative estimate of drug-likeness (QED) is 0.293. The van der Waals surface area contributed by atoms with Crippen LogP contribution in [-0.2, 0) is 14.3 Å². The number of rotatable bonds is 7. The van der Waals surface area contributed by atoms with Crippen molar-refractivity contribution in [1.29, 1.82) is 0 Å². The highest BCUT2D eigenvalue weighted by molar-refractivity contribution is 8.26. The third-order valence-corrected chi connectivity index (χ3v) is 6.19. The fraction of sp³-hybridized carbons (Fsp3) is 0.143. The maximum absolute atomic E-state index is 12.8. The van der Waals surface area contributed by atoms with Crippen LogP contribution >= 0.6 is 58.8 Å². The Kier molecular flexibility index (Phi) is 8.61. The highest BCUT2D eigenvalue weighted by atomic mass is 35.5. The molecule has 0 aromatic heterocycles. The molecule has 172 valence electrons. The lowest BCUT2D eigenvalue weighted by Crippen LogP contribution is -2.44. The summed E-state index contributed by atoms with van der Waals surface area (Å²) in [5.74, 6) is -1.47. The van der Waals surface area contributed by atoms with Crippen LogP contribution in [0.4, 0.5) is 0 Å². The number of benzene rings is 2. The SMILES string of the molecule is CCOC(=O)COc1c(Cl)cc(/C=C2\SC(=S)N(NC(=O)c3ccc(Cl)cc3)C2=O)cc1Cl. The van der Waals surface area contributed by atoms with E-state index in [0.717, 1.165) is 16.8 Å². The van der Waals surface area contributed by atoms with Gasteiger partial charge in [0.1, 0.15) is 0 Å². The van der Waals surface area contributed by atoms with E-state index >= 15 is 0 Å². The Balaban J connectivity index is 1.73. The van der Waals surface area contributed by atoms with Crippen molar-refractivity contribution in [3.63, 3.8) is 0 Å². The largest absolute Gasteiger partial charge is 0.479 e. The van der Waals surface area contributed by atoms with Gasteiger partial charge in [-0.1, -0.05) is 46.6 Å². The van der Waals surface area contributed by atoms with Crippen molar-refractivity contribution in [3.8, 4) is 5.75 Å². The van der Waals surface area contributed by atoms with Gasteiger partial charge in [0.2, 0.25) is 0 Å². The molecule has 2 aromatic carbocycles. The smallest absolute Gasteiger partial charge is 0.344 e. The number of ether oxygens (including phenoxy) is 2. The number of carbonyl (C=O) groups excluding carboxylic acids is 3. The third kappa shape index (κ3) is 6.39. The van der Waals surface area contributed by atoms with Gasteiger partial charge in [-0.15, -0.1) is 0 Å². The number of amides is 2. The molecule has 1 fully saturated rings. The van der Waals surface area contributed by atoms with Crippen LogP contribution in [-0.4, -0.2) is 40.3 Å². The van der Waals surface area contributed by atoms with E-state index in [1.807, 2.05) is 0 Å². The molecular weight excluding hydrogens is 531 g/mol. The van der Waals surface area contributed by atoms with E-state index in [4.69, 9.17) is 56.5 Å². The Bertz CT molecular complexity index is 1130. The lowest BCUT2D eigenvalue weighted by molar-refractivity contribution is -0.145. The molecule has 1 N–H and O–H groups in total. The first kappa shape index (κ1) is 25.3. The second kappa shape index (κ2) is 11.2. The van der Waals surface area contributed by atoms with Gasteiger partial charge in [0.05, 0.1) is 21.6 Å². The maximum atomic E-state index is 12.8. The summed E-state index contributed by atoms with van der Waals surface area (Å²) >= 11 is 24.5. The van der Waals surface area contributed by atoms with Gasteiger partial charge in [-0.25, -0.2) is 4.79 Å². The molecule has 1 aliphatic rings. The van der Waals surface area contributed by atoms with Gasteiger partial charge in [0.25, 0.3) is 11.8 Å². The first-order chi connectivity index (χ1) is 15.7. The second-order valence-electron chi connectivity index (χ2n) is 6.37. The summed E-state index contributed by atoms with van der Waals surface area (Å²) in [7, 11) is 0. The Morgan fingerprint density at radius 1 is 1.15 bits per heavy atom. The zero-order valence-electron chi connectivity index (χ0n) is 16.9. The number of hydrazine groups is 1. The zero-order chi connectivity index (χ0) is 24.1. The van der Waals surface area contributed by atoms with Gasteiger partial charge in [-0.05, 0) is 67.2 Å². The van der Waals surface area contributed by atoms with Crippen molar-refractivity contribution in [2.75, 3.05) is 13.2 Å². The number of hydrogen-bond acceptors (Lipinski definition) is 7. The first-order valence-corrected chi connectivity index (χ1v) is 11.7. The number of esters is 1. The Hall–Kier alpha value is -2.30. The lowest BCUT2D eigenvalue weighted by atomic mass is 10.2. The molecule has 12 heteroatoms. The molecule has 0 unspecified atom stereocenters. The summed E-state index contributed by atoms with van der Waals surface area (Å²) in [6.45, 7) is 1.55. The molecule has 0 spiro atoms. The van der Waals surface area contributed by atoms with Gasteiger partial charge in [-0.3, -0.25) is 15.0 Å². The molecule has 0 saturated carbocycles. The van der Waals surface area contributed by atoms with E-state index in [0.29, 0.717) is 16.1 Å². The Morgan fingerprint density at radius 3 is 2.39 bits per heavy atom. The Morgan fingerprint density at radius 2 is 1.79 bits per heavy atom. The van der Waals surface area contributed by atoms with Gasteiger partial charge >= 0.3 is 5.97 Å². The monoisotopic (exact) mass is 544 g/mol. The van der Waals surface area contributed by atoms with E-state index in [1.165, 1.54) is 30.3 Å².